The highest BCUT2D eigenvalue weighted by atomic mass is 35.5. The molecule has 3 aromatic rings. The van der Waals surface area contributed by atoms with E-state index < -0.39 is 5.92 Å². The van der Waals surface area contributed by atoms with Gasteiger partial charge in [-0.3, -0.25) is 9.59 Å². The maximum atomic E-state index is 12.8. The predicted molar refractivity (Wildman–Crippen MR) is 110 cm³/mol. The number of aromatic amines is 1. The van der Waals surface area contributed by atoms with Gasteiger partial charge in [0.15, 0.2) is 0 Å². The molecule has 4 rings (SSSR count). The van der Waals surface area contributed by atoms with E-state index in [2.05, 4.69) is 15.6 Å². The molecule has 6 nitrogen and oxygen atoms in total. The molecule has 2 heterocycles. The second-order valence-corrected chi connectivity index (χ2v) is 8.62. The fourth-order valence-electron chi connectivity index (χ4n) is 3.63. The Kier molecular flexibility index (Phi) is 5.33. The summed E-state index contributed by atoms with van der Waals surface area (Å²) in [6.07, 6.45) is 0.556. The van der Waals surface area contributed by atoms with Gasteiger partial charge in [-0.05, 0) is 23.6 Å². The number of aromatic nitrogens is 1. The minimum atomic E-state index is -0.513. The summed E-state index contributed by atoms with van der Waals surface area (Å²) in [4.78, 5) is 28.5. The Morgan fingerprint density at radius 3 is 2.82 bits per heavy atom. The molecule has 0 radical (unpaired) electrons. The number of H-pyrrole nitrogens is 1. The normalized spacial score (nSPS) is 18.2. The summed E-state index contributed by atoms with van der Waals surface area (Å²) in [6.45, 7) is 0.0317. The molecule has 2 atom stereocenters. The van der Waals surface area contributed by atoms with Gasteiger partial charge in [-0.1, -0.05) is 47.5 Å². The number of benzene rings is 1. The number of aliphatic hydroxyl groups is 1. The molecule has 146 valence electrons. The second-order valence-electron chi connectivity index (χ2n) is 6.59. The maximum Gasteiger partial charge on any atom is 0.268 e. The van der Waals surface area contributed by atoms with Gasteiger partial charge in [0, 0.05) is 12.6 Å². The highest BCUT2D eigenvalue weighted by Gasteiger charge is 2.38. The van der Waals surface area contributed by atoms with Crippen LogP contribution in [-0.4, -0.2) is 41.1 Å². The van der Waals surface area contributed by atoms with Gasteiger partial charge in [-0.2, -0.15) is 0 Å². The average Bonchev–Trinajstić information content (AvgIpc) is 3.33. The van der Waals surface area contributed by atoms with Gasteiger partial charge in [-0.25, -0.2) is 0 Å². The molecule has 0 saturated heterocycles. The Hall–Kier alpha value is -2.06. The fraction of sp³-hybridized carbons (Fsp3) is 0.263. The number of aliphatic hydroxyl groups excluding tert-OH is 1. The van der Waals surface area contributed by atoms with E-state index in [0.717, 1.165) is 15.8 Å². The SMILES string of the molecule is O=C(N[C@@H]1Cc2ccccc2[C@@H]1C(=O)NCCO)c1cc2sc(Cl)c(Cl)c2[nH]1. The molecule has 2 aromatic heterocycles. The van der Waals surface area contributed by atoms with Gasteiger partial charge >= 0.3 is 0 Å². The third-order valence-corrected chi connectivity index (χ3v) is 6.79. The number of rotatable bonds is 5. The molecular weight excluding hydrogens is 421 g/mol. The summed E-state index contributed by atoms with van der Waals surface area (Å²) in [5.74, 6) is -1.04. The summed E-state index contributed by atoms with van der Waals surface area (Å²) in [5.41, 5.74) is 2.92. The molecule has 0 unspecified atom stereocenters. The monoisotopic (exact) mass is 437 g/mol. The van der Waals surface area contributed by atoms with E-state index in [1.54, 1.807) is 6.07 Å². The van der Waals surface area contributed by atoms with Crippen LogP contribution >= 0.6 is 34.5 Å². The van der Waals surface area contributed by atoms with Crippen LogP contribution in [0.2, 0.25) is 9.36 Å². The van der Waals surface area contributed by atoms with Crippen molar-refractivity contribution in [2.24, 2.45) is 0 Å². The molecule has 1 aliphatic carbocycles. The molecule has 1 aromatic carbocycles. The average molecular weight is 438 g/mol. The Bertz CT molecular complexity index is 1060. The van der Waals surface area contributed by atoms with Gasteiger partial charge in [0.25, 0.3) is 5.91 Å². The quantitative estimate of drug-likeness (QED) is 0.493. The summed E-state index contributed by atoms with van der Waals surface area (Å²) >= 11 is 13.5. The standard InChI is InChI=1S/C19H17Cl2N3O3S/c20-15-16-13(28-17(15)21)8-12(23-16)18(26)24-11-7-9-3-1-2-4-10(9)14(11)19(27)22-5-6-25/h1-4,8,11,14,23,25H,5-7H2,(H,22,27)(H,24,26)/t11-,14+/m1/s1. The molecule has 0 saturated carbocycles. The van der Waals surface area contributed by atoms with Gasteiger partial charge in [0.2, 0.25) is 5.91 Å². The van der Waals surface area contributed by atoms with Gasteiger partial charge in [-0.15, -0.1) is 11.3 Å². The molecule has 0 spiro atoms. The number of thiophene rings is 1. The Morgan fingerprint density at radius 1 is 1.29 bits per heavy atom. The number of fused-ring (bicyclic) bond motifs is 2. The lowest BCUT2D eigenvalue weighted by atomic mass is 9.97. The first-order valence-corrected chi connectivity index (χ1v) is 10.3. The number of hydrogen-bond acceptors (Lipinski definition) is 4. The molecular formula is C19H17Cl2N3O3S. The molecule has 28 heavy (non-hydrogen) atoms. The van der Waals surface area contributed by atoms with Crippen molar-refractivity contribution in [1.82, 2.24) is 15.6 Å². The van der Waals surface area contributed by atoms with Crippen molar-refractivity contribution in [3.63, 3.8) is 0 Å². The summed E-state index contributed by atoms with van der Waals surface area (Å²) in [6, 6.07) is 8.97. The number of amides is 2. The Balaban J connectivity index is 1.58. The molecule has 9 heteroatoms. The number of carbonyl (C=O) groups excluding carboxylic acids is 2. The van der Waals surface area contributed by atoms with Gasteiger partial charge < -0.3 is 20.7 Å². The van der Waals surface area contributed by atoms with Crippen molar-refractivity contribution in [3.05, 3.63) is 56.5 Å². The predicted octanol–water partition coefficient (Wildman–Crippen LogP) is 3.08. The smallest absolute Gasteiger partial charge is 0.268 e. The van der Waals surface area contributed by atoms with Crippen LogP contribution in [0.3, 0.4) is 0 Å². The summed E-state index contributed by atoms with van der Waals surface area (Å²) < 4.78 is 1.27. The van der Waals surface area contributed by atoms with Crippen molar-refractivity contribution >= 4 is 56.6 Å². The van der Waals surface area contributed by atoms with Crippen LogP contribution in [0.25, 0.3) is 10.2 Å². The highest BCUT2D eigenvalue weighted by molar-refractivity contribution is 7.23. The van der Waals surface area contributed by atoms with Crippen LogP contribution in [0, 0.1) is 0 Å². The van der Waals surface area contributed by atoms with Gasteiger partial charge in [0.05, 0.1) is 27.8 Å². The minimum absolute atomic E-state index is 0.139. The van der Waals surface area contributed by atoms with E-state index >= 15 is 0 Å². The zero-order valence-electron chi connectivity index (χ0n) is 14.6. The lowest BCUT2D eigenvalue weighted by molar-refractivity contribution is -0.123. The van der Waals surface area contributed by atoms with E-state index in [0.29, 0.717) is 27.0 Å². The molecule has 0 bridgehead atoms. The van der Waals surface area contributed by atoms with E-state index in [4.69, 9.17) is 28.3 Å². The van der Waals surface area contributed by atoms with Crippen molar-refractivity contribution in [2.45, 2.75) is 18.4 Å². The summed E-state index contributed by atoms with van der Waals surface area (Å²) in [7, 11) is 0. The largest absolute Gasteiger partial charge is 0.395 e. The highest BCUT2D eigenvalue weighted by Crippen LogP contribution is 2.39. The lowest BCUT2D eigenvalue weighted by Crippen LogP contribution is -2.44. The molecule has 1 aliphatic rings. The zero-order chi connectivity index (χ0) is 19.8. The number of hydrogen-bond donors (Lipinski definition) is 4. The number of carbonyl (C=O) groups is 2. The van der Waals surface area contributed by atoms with Crippen LogP contribution in [0.1, 0.15) is 27.5 Å². The minimum Gasteiger partial charge on any atom is -0.395 e. The maximum absolute atomic E-state index is 12.8. The lowest BCUT2D eigenvalue weighted by Gasteiger charge is -2.21. The topological polar surface area (TPSA) is 94.2 Å². The van der Waals surface area contributed by atoms with Crippen molar-refractivity contribution in [1.29, 1.82) is 0 Å². The first-order chi connectivity index (χ1) is 13.5. The second kappa shape index (κ2) is 7.75. The van der Waals surface area contributed by atoms with Crippen LogP contribution < -0.4 is 10.6 Å². The van der Waals surface area contributed by atoms with Crippen LogP contribution in [-0.2, 0) is 11.2 Å². The molecule has 0 aliphatic heterocycles. The Morgan fingerprint density at radius 2 is 2.07 bits per heavy atom. The Labute approximate surface area is 174 Å². The number of nitrogens with one attached hydrogen (secondary N) is 3. The molecule has 2 amide bonds. The molecule has 4 N–H and O–H groups in total. The van der Waals surface area contributed by atoms with Crippen molar-refractivity contribution < 1.29 is 14.7 Å². The van der Waals surface area contributed by atoms with Crippen LogP contribution in [0.5, 0.6) is 0 Å². The van der Waals surface area contributed by atoms with Crippen molar-refractivity contribution in [2.75, 3.05) is 13.2 Å². The third kappa shape index (κ3) is 3.39. The van der Waals surface area contributed by atoms with Crippen LogP contribution in [0.4, 0.5) is 0 Å². The van der Waals surface area contributed by atoms with Crippen LogP contribution in [0.15, 0.2) is 30.3 Å². The molecule has 0 fully saturated rings. The first kappa shape index (κ1) is 19.3. The third-order valence-electron chi connectivity index (χ3n) is 4.86. The van der Waals surface area contributed by atoms with Crippen molar-refractivity contribution in [3.8, 4) is 0 Å². The number of halogens is 2. The summed E-state index contributed by atoms with van der Waals surface area (Å²) in [5, 5.41) is 15.1. The van der Waals surface area contributed by atoms with E-state index in [1.807, 2.05) is 24.3 Å². The fourth-order valence-corrected chi connectivity index (χ4v) is 5.11. The van der Waals surface area contributed by atoms with E-state index in [-0.39, 0.29) is 31.0 Å². The zero-order valence-corrected chi connectivity index (χ0v) is 16.9. The van der Waals surface area contributed by atoms with E-state index in [9.17, 15) is 9.59 Å². The van der Waals surface area contributed by atoms with E-state index in [1.165, 1.54) is 11.3 Å². The van der Waals surface area contributed by atoms with Gasteiger partial charge in [0.1, 0.15) is 10.0 Å². The first-order valence-electron chi connectivity index (χ1n) is 8.73.